The number of aromatic nitrogens is 2. The predicted octanol–water partition coefficient (Wildman–Crippen LogP) is 2.30. The quantitative estimate of drug-likeness (QED) is 0.814. The summed E-state index contributed by atoms with van der Waals surface area (Å²) in [6.45, 7) is 0.447. The van der Waals surface area contributed by atoms with Crippen molar-refractivity contribution in [1.82, 2.24) is 9.97 Å². The number of imidazole rings is 1. The first-order valence-corrected chi connectivity index (χ1v) is 4.41. The first kappa shape index (κ1) is 9.64. The van der Waals surface area contributed by atoms with E-state index in [1.54, 1.807) is 12.5 Å². The molecular formula is C10H9F2N3. The maximum Gasteiger partial charge on any atom is 0.128 e. The minimum atomic E-state index is -0.595. The Morgan fingerprint density at radius 1 is 1.20 bits per heavy atom. The fraction of sp³-hybridized carbons (Fsp3) is 0.100. The van der Waals surface area contributed by atoms with Crippen LogP contribution in [0.2, 0.25) is 0 Å². The largest absolute Gasteiger partial charge is 0.379 e. The number of hydrogen-bond acceptors (Lipinski definition) is 2. The van der Waals surface area contributed by atoms with E-state index in [9.17, 15) is 8.78 Å². The number of hydrogen-bond donors (Lipinski definition) is 2. The summed E-state index contributed by atoms with van der Waals surface area (Å²) in [7, 11) is 0. The molecule has 0 aliphatic carbocycles. The van der Waals surface area contributed by atoms with Crippen molar-refractivity contribution in [2.75, 3.05) is 5.32 Å². The molecule has 1 aromatic heterocycles. The number of rotatable bonds is 3. The van der Waals surface area contributed by atoms with E-state index < -0.39 is 11.6 Å². The normalized spacial score (nSPS) is 10.3. The molecule has 78 valence electrons. The summed E-state index contributed by atoms with van der Waals surface area (Å²) in [5.41, 5.74) is 1.25. The van der Waals surface area contributed by atoms with Crippen LogP contribution in [-0.2, 0) is 6.54 Å². The monoisotopic (exact) mass is 209 g/mol. The van der Waals surface area contributed by atoms with Gasteiger partial charge in [-0.1, -0.05) is 0 Å². The van der Waals surface area contributed by atoms with Crippen molar-refractivity contribution in [1.29, 1.82) is 0 Å². The van der Waals surface area contributed by atoms with E-state index in [0.717, 1.165) is 11.8 Å². The minimum Gasteiger partial charge on any atom is -0.379 e. The summed E-state index contributed by atoms with van der Waals surface area (Å²) < 4.78 is 25.6. The fourth-order valence-corrected chi connectivity index (χ4v) is 1.23. The summed E-state index contributed by atoms with van der Waals surface area (Å²) in [4.78, 5) is 6.70. The van der Waals surface area contributed by atoms with Crippen LogP contribution >= 0.6 is 0 Å². The number of nitrogens with one attached hydrogen (secondary N) is 2. The van der Waals surface area contributed by atoms with Gasteiger partial charge in [0.25, 0.3) is 0 Å². The Kier molecular flexibility index (Phi) is 2.62. The second kappa shape index (κ2) is 4.08. The molecule has 1 aromatic carbocycles. The molecule has 0 unspecified atom stereocenters. The van der Waals surface area contributed by atoms with Crippen molar-refractivity contribution in [3.05, 3.63) is 48.1 Å². The summed E-state index contributed by atoms with van der Waals surface area (Å²) in [6, 6.07) is 3.31. The van der Waals surface area contributed by atoms with Crippen molar-refractivity contribution in [2.24, 2.45) is 0 Å². The van der Waals surface area contributed by atoms with Gasteiger partial charge in [0.2, 0.25) is 0 Å². The maximum absolute atomic E-state index is 12.8. The van der Waals surface area contributed by atoms with E-state index in [2.05, 4.69) is 15.3 Å². The molecule has 0 aliphatic rings. The molecule has 0 saturated heterocycles. The zero-order valence-electron chi connectivity index (χ0n) is 7.80. The van der Waals surface area contributed by atoms with E-state index >= 15 is 0 Å². The summed E-state index contributed by atoms with van der Waals surface area (Å²) in [5.74, 6) is -1.19. The third-order valence-corrected chi connectivity index (χ3v) is 1.90. The Morgan fingerprint density at radius 3 is 2.53 bits per heavy atom. The molecule has 2 N–H and O–H groups in total. The van der Waals surface area contributed by atoms with E-state index in [1.807, 2.05) is 0 Å². The average molecular weight is 209 g/mol. The fourth-order valence-electron chi connectivity index (χ4n) is 1.23. The summed E-state index contributed by atoms with van der Waals surface area (Å²) >= 11 is 0. The van der Waals surface area contributed by atoms with E-state index in [4.69, 9.17) is 0 Å². The van der Waals surface area contributed by atoms with Crippen molar-refractivity contribution in [3.8, 4) is 0 Å². The van der Waals surface area contributed by atoms with Gasteiger partial charge in [-0.25, -0.2) is 13.8 Å². The molecule has 0 atom stereocenters. The lowest BCUT2D eigenvalue weighted by atomic mass is 10.3. The standard InChI is InChI=1S/C10H9F2N3/c11-7-1-8(12)3-9(2-7)14-5-10-4-13-6-15-10/h1-4,6,14H,5H2,(H,13,15). The Labute approximate surface area is 85.2 Å². The molecule has 15 heavy (non-hydrogen) atoms. The smallest absolute Gasteiger partial charge is 0.128 e. The van der Waals surface area contributed by atoms with Gasteiger partial charge in [-0.15, -0.1) is 0 Å². The van der Waals surface area contributed by atoms with E-state index in [0.29, 0.717) is 12.2 Å². The van der Waals surface area contributed by atoms with Crippen LogP contribution in [0, 0.1) is 11.6 Å². The van der Waals surface area contributed by atoms with Crippen LogP contribution in [0.1, 0.15) is 5.69 Å². The Bertz CT molecular complexity index is 420. The molecule has 0 bridgehead atoms. The highest BCUT2D eigenvalue weighted by molar-refractivity contribution is 5.43. The van der Waals surface area contributed by atoms with Crippen molar-refractivity contribution in [2.45, 2.75) is 6.54 Å². The number of aromatic amines is 1. The summed E-state index contributed by atoms with van der Waals surface area (Å²) in [5, 5.41) is 2.88. The molecule has 0 radical (unpaired) electrons. The molecule has 0 amide bonds. The van der Waals surface area contributed by atoms with Gasteiger partial charge in [-0.3, -0.25) is 0 Å². The molecule has 5 heteroatoms. The molecule has 2 aromatic rings. The van der Waals surface area contributed by atoms with Gasteiger partial charge in [-0.05, 0) is 12.1 Å². The zero-order chi connectivity index (χ0) is 10.7. The Hall–Kier alpha value is -1.91. The first-order valence-electron chi connectivity index (χ1n) is 4.41. The third kappa shape index (κ3) is 2.52. The number of halogens is 2. The molecule has 0 saturated carbocycles. The van der Waals surface area contributed by atoms with Gasteiger partial charge in [-0.2, -0.15) is 0 Å². The number of nitrogens with zero attached hydrogens (tertiary/aromatic N) is 1. The average Bonchev–Trinajstić information content (AvgIpc) is 2.65. The lowest BCUT2D eigenvalue weighted by Crippen LogP contribution is -2.00. The van der Waals surface area contributed by atoms with Gasteiger partial charge < -0.3 is 10.3 Å². The van der Waals surface area contributed by atoms with Gasteiger partial charge >= 0.3 is 0 Å². The number of benzene rings is 1. The SMILES string of the molecule is Fc1cc(F)cc(NCc2cnc[nH]2)c1. The van der Waals surface area contributed by atoms with Crippen LogP contribution in [0.25, 0.3) is 0 Å². The second-order valence-corrected chi connectivity index (χ2v) is 3.09. The van der Waals surface area contributed by atoms with Crippen molar-refractivity contribution < 1.29 is 8.78 Å². The van der Waals surface area contributed by atoms with Crippen LogP contribution in [0.4, 0.5) is 14.5 Å². The lowest BCUT2D eigenvalue weighted by molar-refractivity contribution is 0.584. The predicted molar refractivity (Wildman–Crippen MR) is 52.3 cm³/mol. The van der Waals surface area contributed by atoms with Crippen LogP contribution in [-0.4, -0.2) is 9.97 Å². The highest BCUT2D eigenvalue weighted by Gasteiger charge is 2.00. The summed E-state index contributed by atoms with van der Waals surface area (Å²) in [6.07, 6.45) is 3.19. The minimum absolute atomic E-state index is 0.405. The van der Waals surface area contributed by atoms with E-state index in [-0.39, 0.29) is 0 Å². The molecule has 0 fully saturated rings. The molecule has 1 heterocycles. The van der Waals surface area contributed by atoms with Gasteiger partial charge in [0.05, 0.1) is 18.6 Å². The highest BCUT2D eigenvalue weighted by Crippen LogP contribution is 2.13. The highest BCUT2D eigenvalue weighted by atomic mass is 19.1. The van der Waals surface area contributed by atoms with Crippen LogP contribution in [0.15, 0.2) is 30.7 Å². The zero-order valence-corrected chi connectivity index (χ0v) is 7.80. The number of H-pyrrole nitrogens is 1. The van der Waals surface area contributed by atoms with Crippen LogP contribution in [0.5, 0.6) is 0 Å². The topological polar surface area (TPSA) is 40.7 Å². The third-order valence-electron chi connectivity index (χ3n) is 1.90. The van der Waals surface area contributed by atoms with Crippen molar-refractivity contribution in [3.63, 3.8) is 0 Å². The van der Waals surface area contributed by atoms with Gasteiger partial charge in [0.1, 0.15) is 11.6 Å². The molecule has 2 rings (SSSR count). The first-order chi connectivity index (χ1) is 7.24. The van der Waals surface area contributed by atoms with Gasteiger partial charge in [0, 0.05) is 18.0 Å². The Balaban J connectivity index is 2.05. The lowest BCUT2D eigenvalue weighted by Gasteiger charge is -2.04. The second-order valence-electron chi connectivity index (χ2n) is 3.09. The van der Waals surface area contributed by atoms with Crippen LogP contribution in [0.3, 0.4) is 0 Å². The molecule has 3 nitrogen and oxygen atoms in total. The maximum atomic E-state index is 12.8. The molecule has 0 spiro atoms. The van der Waals surface area contributed by atoms with Crippen LogP contribution < -0.4 is 5.32 Å². The van der Waals surface area contributed by atoms with E-state index in [1.165, 1.54) is 12.1 Å². The van der Waals surface area contributed by atoms with Gasteiger partial charge in [0.15, 0.2) is 0 Å². The molecule has 0 aliphatic heterocycles. The number of anilines is 1. The molecular weight excluding hydrogens is 200 g/mol. The Morgan fingerprint density at radius 2 is 1.93 bits per heavy atom. The van der Waals surface area contributed by atoms with Crippen molar-refractivity contribution >= 4 is 5.69 Å².